The van der Waals surface area contributed by atoms with E-state index >= 15 is 0 Å². The number of hydrogen-bond donors (Lipinski definition) is 2. The lowest BCUT2D eigenvalue weighted by molar-refractivity contribution is -0.176. The summed E-state index contributed by atoms with van der Waals surface area (Å²) in [5.74, 6) is 0.402. The van der Waals surface area contributed by atoms with Crippen LogP contribution in [-0.4, -0.2) is 49.2 Å². The van der Waals surface area contributed by atoms with Crippen LogP contribution in [0.15, 0.2) is 0 Å². The highest BCUT2D eigenvalue weighted by Gasteiger charge is 2.46. The van der Waals surface area contributed by atoms with E-state index in [2.05, 4.69) is 5.32 Å². The van der Waals surface area contributed by atoms with Crippen LogP contribution in [0.25, 0.3) is 0 Å². The Balaban J connectivity index is 1.69. The molecule has 0 bridgehead atoms. The molecular formula is C15H27NO3. The summed E-state index contributed by atoms with van der Waals surface area (Å²) >= 11 is 0. The zero-order chi connectivity index (χ0) is 13.2. The van der Waals surface area contributed by atoms with Crippen LogP contribution in [0.5, 0.6) is 0 Å². The van der Waals surface area contributed by atoms with Crippen molar-refractivity contribution in [3.63, 3.8) is 0 Å². The van der Waals surface area contributed by atoms with Gasteiger partial charge < -0.3 is 19.9 Å². The minimum Gasteiger partial charge on any atom is -0.390 e. The average Bonchev–Trinajstić information content (AvgIpc) is 2.66. The molecule has 3 aliphatic rings. The van der Waals surface area contributed by atoms with Crippen molar-refractivity contribution >= 4 is 0 Å². The van der Waals surface area contributed by atoms with Crippen LogP contribution in [0.4, 0.5) is 0 Å². The molecule has 3 rings (SSSR count). The normalized spacial score (nSPS) is 39.9. The van der Waals surface area contributed by atoms with Crippen LogP contribution < -0.4 is 5.32 Å². The summed E-state index contributed by atoms with van der Waals surface area (Å²) in [7, 11) is 0. The number of hydrogen-bond acceptors (Lipinski definition) is 4. The fourth-order valence-corrected chi connectivity index (χ4v) is 4.06. The molecular weight excluding hydrogens is 242 g/mol. The van der Waals surface area contributed by atoms with Crippen molar-refractivity contribution in [1.29, 1.82) is 0 Å². The highest BCUT2D eigenvalue weighted by atomic mass is 16.5. The molecule has 0 aliphatic carbocycles. The zero-order valence-electron chi connectivity index (χ0n) is 11.8. The molecule has 0 aromatic rings. The van der Waals surface area contributed by atoms with Gasteiger partial charge in [0.1, 0.15) is 0 Å². The number of nitrogens with one attached hydrogen (secondary N) is 1. The molecule has 2 N–H and O–H groups in total. The smallest absolute Gasteiger partial charge is 0.0730 e. The van der Waals surface area contributed by atoms with Gasteiger partial charge in [0, 0.05) is 19.8 Å². The molecule has 3 heterocycles. The highest BCUT2D eigenvalue weighted by molar-refractivity contribution is 4.97. The zero-order valence-corrected chi connectivity index (χ0v) is 11.8. The SMILES string of the molecule is OC1(C2CCOC3(CCOCC3)C2)CCCNCC1. The Morgan fingerprint density at radius 3 is 2.68 bits per heavy atom. The molecule has 0 amide bonds. The van der Waals surface area contributed by atoms with E-state index < -0.39 is 5.60 Å². The fraction of sp³-hybridized carbons (Fsp3) is 1.00. The fourth-order valence-electron chi connectivity index (χ4n) is 4.06. The first kappa shape index (κ1) is 13.8. The summed E-state index contributed by atoms with van der Waals surface area (Å²) < 4.78 is 11.6. The van der Waals surface area contributed by atoms with Crippen LogP contribution in [0, 0.1) is 5.92 Å². The first-order chi connectivity index (χ1) is 9.23. The van der Waals surface area contributed by atoms with Gasteiger partial charge in [-0.1, -0.05) is 0 Å². The number of aliphatic hydroxyl groups is 1. The Labute approximate surface area is 115 Å². The van der Waals surface area contributed by atoms with Gasteiger partial charge in [-0.2, -0.15) is 0 Å². The molecule has 3 aliphatic heterocycles. The van der Waals surface area contributed by atoms with Gasteiger partial charge in [-0.3, -0.25) is 0 Å². The lowest BCUT2D eigenvalue weighted by Gasteiger charge is -2.48. The molecule has 0 radical (unpaired) electrons. The van der Waals surface area contributed by atoms with E-state index in [1.165, 1.54) is 0 Å². The molecule has 2 unspecified atom stereocenters. The first-order valence-corrected chi connectivity index (χ1v) is 7.87. The van der Waals surface area contributed by atoms with Gasteiger partial charge in [-0.05, 0) is 64.0 Å². The predicted molar refractivity (Wildman–Crippen MR) is 73.1 cm³/mol. The van der Waals surface area contributed by atoms with E-state index in [1.54, 1.807) is 0 Å². The van der Waals surface area contributed by atoms with Crippen LogP contribution >= 0.6 is 0 Å². The quantitative estimate of drug-likeness (QED) is 0.757. The van der Waals surface area contributed by atoms with Crippen molar-refractivity contribution in [3.8, 4) is 0 Å². The predicted octanol–water partition coefficient (Wildman–Crippen LogP) is 1.47. The minimum absolute atomic E-state index is 0.00334. The lowest BCUT2D eigenvalue weighted by Crippen LogP contribution is -2.51. The van der Waals surface area contributed by atoms with E-state index in [4.69, 9.17) is 9.47 Å². The third kappa shape index (κ3) is 2.97. The first-order valence-electron chi connectivity index (χ1n) is 7.87. The van der Waals surface area contributed by atoms with Gasteiger partial charge in [-0.25, -0.2) is 0 Å². The third-order valence-corrected chi connectivity index (χ3v) is 5.35. The average molecular weight is 269 g/mol. The number of ether oxygens (including phenoxy) is 2. The van der Waals surface area contributed by atoms with Crippen molar-refractivity contribution in [2.24, 2.45) is 5.92 Å². The van der Waals surface area contributed by atoms with E-state index in [0.717, 1.165) is 77.9 Å². The molecule has 3 saturated heterocycles. The summed E-state index contributed by atoms with van der Waals surface area (Å²) in [5.41, 5.74) is -0.477. The van der Waals surface area contributed by atoms with Crippen LogP contribution in [0.2, 0.25) is 0 Å². The van der Waals surface area contributed by atoms with Crippen molar-refractivity contribution < 1.29 is 14.6 Å². The molecule has 1 spiro atoms. The molecule has 0 aromatic heterocycles. The Kier molecular flexibility index (Phi) is 4.13. The maximum atomic E-state index is 11.1. The Morgan fingerprint density at radius 1 is 1.00 bits per heavy atom. The molecule has 4 heteroatoms. The Bertz CT molecular complexity index is 288. The highest BCUT2D eigenvalue weighted by Crippen LogP contribution is 2.43. The topological polar surface area (TPSA) is 50.7 Å². The molecule has 19 heavy (non-hydrogen) atoms. The minimum atomic E-state index is -0.474. The van der Waals surface area contributed by atoms with Crippen molar-refractivity contribution in [2.45, 2.75) is 56.1 Å². The van der Waals surface area contributed by atoms with Gasteiger partial charge >= 0.3 is 0 Å². The van der Waals surface area contributed by atoms with Crippen molar-refractivity contribution in [1.82, 2.24) is 5.32 Å². The van der Waals surface area contributed by atoms with E-state index in [-0.39, 0.29) is 5.60 Å². The lowest BCUT2D eigenvalue weighted by atomic mass is 9.70. The molecule has 3 fully saturated rings. The second-order valence-electron chi connectivity index (χ2n) is 6.54. The van der Waals surface area contributed by atoms with Gasteiger partial charge in [0.15, 0.2) is 0 Å². The Hall–Kier alpha value is -0.160. The maximum absolute atomic E-state index is 11.1. The third-order valence-electron chi connectivity index (χ3n) is 5.35. The van der Waals surface area contributed by atoms with Crippen LogP contribution in [0.3, 0.4) is 0 Å². The van der Waals surface area contributed by atoms with Gasteiger partial charge in [0.2, 0.25) is 0 Å². The molecule has 0 saturated carbocycles. The van der Waals surface area contributed by atoms with E-state index in [0.29, 0.717) is 5.92 Å². The van der Waals surface area contributed by atoms with Gasteiger partial charge in [-0.15, -0.1) is 0 Å². The molecule has 0 aromatic carbocycles. The van der Waals surface area contributed by atoms with Gasteiger partial charge in [0.25, 0.3) is 0 Å². The monoisotopic (exact) mass is 269 g/mol. The second kappa shape index (κ2) is 5.68. The summed E-state index contributed by atoms with van der Waals surface area (Å²) in [4.78, 5) is 0. The molecule has 2 atom stereocenters. The van der Waals surface area contributed by atoms with Crippen LogP contribution in [-0.2, 0) is 9.47 Å². The van der Waals surface area contributed by atoms with E-state index in [9.17, 15) is 5.11 Å². The van der Waals surface area contributed by atoms with Crippen LogP contribution in [0.1, 0.15) is 44.9 Å². The van der Waals surface area contributed by atoms with Crippen molar-refractivity contribution in [2.75, 3.05) is 32.9 Å². The summed E-state index contributed by atoms with van der Waals surface area (Å²) in [6.45, 7) is 4.42. The number of rotatable bonds is 1. The second-order valence-corrected chi connectivity index (χ2v) is 6.54. The summed E-state index contributed by atoms with van der Waals surface area (Å²) in [5, 5.41) is 14.5. The summed E-state index contributed by atoms with van der Waals surface area (Å²) in [6.07, 6.45) is 6.95. The Morgan fingerprint density at radius 2 is 1.84 bits per heavy atom. The molecule has 4 nitrogen and oxygen atoms in total. The standard InChI is InChI=1S/C15H27NO3/c17-15(3-1-7-16-8-4-15)13-2-9-19-14(12-13)5-10-18-11-6-14/h13,16-17H,1-12H2. The summed E-state index contributed by atoms with van der Waals surface area (Å²) in [6, 6.07) is 0. The maximum Gasteiger partial charge on any atom is 0.0730 e. The van der Waals surface area contributed by atoms with E-state index in [1.807, 2.05) is 0 Å². The largest absolute Gasteiger partial charge is 0.390 e. The van der Waals surface area contributed by atoms with Crippen molar-refractivity contribution in [3.05, 3.63) is 0 Å². The van der Waals surface area contributed by atoms with Gasteiger partial charge in [0.05, 0.1) is 11.2 Å². The molecule has 110 valence electrons.